The first-order valence-corrected chi connectivity index (χ1v) is 5.60. The maximum Gasteiger partial charge on any atom is 0.125 e. The second kappa shape index (κ2) is 4.23. The number of aromatic nitrogens is 2. The monoisotopic (exact) mass is 242 g/mol. The first-order chi connectivity index (χ1) is 8.75. The number of hydrogen-bond acceptors (Lipinski definition) is 2. The number of fused-ring (bicyclic) bond motifs is 1. The predicted octanol–water partition coefficient (Wildman–Crippen LogP) is 2.78. The number of hydrogen-bond donors (Lipinski definition) is 2. The summed E-state index contributed by atoms with van der Waals surface area (Å²) in [5.41, 5.74) is 2.17. The molecular formula is C14H11FN2O. The molecule has 0 saturated heterocycles. The number of nitrogens with zero attached hydrogens (tertiary/aromatic N) is 1. The van der Waals surface area contributed by atoms with E-state index in [0.29, 0.717) is 5.52 Å². The zero-order chi connectivity index (χ0) is 12.5. The topological polar surface area (TPSA) is 48.9 Å². The molecule has 0 radical (unpaired) electrons. The van der Waals surface area contributed by atoms with Gasteiger partial charge in [0.25, 0.3) is 0 Å². The quantitative estimate of drug-likeness (QED) is 0.726. The molecule has 3 aromatic rings. The summed E-state index contributed by atoms with van der Waals surface area (Å²) in [5.74, 6) is -0.297. The average Bonchev–Trinajstić information content (AvgIpc) is 2.81. The molecule has 0 amide bonds. The van der Waals surface area contributed by atoms with Crippen LogP contribution in [-0.4, -0.2) is 15.1 Å². The lowest BCUT2D eigenvalue weighted by atomic mass is 10.0. The van der Waals surface area contributed by atoms with Crippen molar-refractivity contribution in [2.24, 2.45) is 0 Å². The Bertz CT molecular complexity index is 679. The molecular weight excluding hydrogens is 231 g/mol. The van der Waals surface area contributed by atoms with Gasteiger partial charge in [-0.15, -0.1) is 0 Å². The Hall–Kier alpha value is -2.20. The fraction of sp³-hybridized carbons (Fsp3) is 0.0714. The summed E-state index contributed by atoms with van der Waals surface area (Å²) in [5, 5.41) is 11.1. The van der Waals surface area contributed by atoms with Crippen LogP contribution in [0, 0.1) is 5.82 Å². The van der Waals surface area contributed by atoms with Crippen LogP contribution in [0.2, 0.25) is 0 Å². The minimum absolute atomic E-state index is 0.297. The minimum atomic E-state index is -0.743. The summed E-state index contributed by atoms with van der Waals surface area (Å²) >= 11 is 0. The van der Waals surface area contributed by atoms with Crippen molar-refractivity contribution in [3.05, 3.63) is 65.9 Å². The van der Waals surface area contributed by atoms with Gasteiger partial charge >= 0.3 is 0 Å². The maximum atomic E-state index is 13.1. The highest BCUT2D eigenvalue weighted by atomic mass is 19.1. The highest BCUT2D eigenvalue weighted by Gasteiger charge is 2.15. The lowest BCUT2D eigenvalue weighted by Crippen LogP contribution is -1.98. The summed E-state index contributed by atoms with van der Waals surface area (Å²) < 4.78 is 13.1. The summed E-state index contributed by atoms with van der Waals surface area (Å²) in [6, 6.07) is 7.98. The third-order valence-corrected chi connectivity index (χ3v) is 2.99. The smallest absolute Gasteiger partial charge is 0.125 e. The van der Waals surface area contributed by atoms with Crippen LogP contribution in [0.4, 0.5) is 4.39 Å². The molecule has 2 aromatic heterocycles. The van der Waals surface area contributed by atoms with Gasteiger partial charge in [-0.3, -0.25) is 4.98 Å². The lowest BCUT2D eigenvalue weighted by molar-refractivity contribution is 0.222. The Kier molecular flexibility index (Phi) is 2.57. The number of nitrogens with one attached hydrogen (secondary N) is 1. The van der Waals surface area contributed by atoms with Crippen LogP contribution in [0.1, 0.15) is 17.2 Å². The molecule has 0 bridgehead atoms. The van der Waals surface area contributed by atoms with E-state index in [2.05, 4.69) is 9.97 Å². The van der Waals surface area contributed by atoms with Gasteiger partial charge in [-0.25, -0.2) is 4.39 Å². The lowest BCUT2D eigenvalue weighted by Gasteiger charge is -2.09. The maximum absolute atomic E-state index is 13.1. The molecule has 2 heterocycles. The van der Waals surface area contributed by atoms with E-state index in [4.69, 9.17) is 0 Å². The normalized spacial score (nSPS) is 12.8. The standard InChI is InChI=1S/C14H11FN2O/c15-10-1-2-11-12(8-17-13(11)7-10)14(18)9-3-5-16-6-4-9/h1-8,14,17-18H. The Morgan fingerprint density at radius 1 is 1.17 bits per heavy atom. The van der Waals surface area contributed by atoms with Crippen LogP contribution in [0.25, 0.3) is 10.9 Å². The van der Waals surface area contributed by atoms with Crippen LogP contribution < -0.4 is 0 Å². The van der Waals surface area contributed by atoms with E-state index in [9.17, 15) is 9.50 Å². The van der Waals surface area contributed by atoms with Crippen molar-refractivity contribution in [2.45, 2.75) is 6.10 Å². The van der Waals surface area contributed by atoms with Gasteiger partial charge < -0.3 is 10.1 Å². The SMILES string of the molecule is OC(c1ccncc1)c1c[nH]c2cc(F)ccc12. The van der Waals surface area contributed by atoms with E-state index < -0.39 is 6.10 Å². The summed E-state index contributed by atoms with van der Waals surface area (Å²) in [7, 11) is 0. The van der Waals surface area contributed by atoms with E-state index in [1.54, 1.807) is 36.8 Å². The Labute approximate surface area is 103 Å². The van der Waals surface area contributed by atoms with Crippen molar-refractivity contribution >= 4 is 10.9 Å². The van der Waals surface area contributed by atoms with Gasteiger partial charge in [-0.05, 0) is 35.9 Å². The highest BCUT2D eigenvalue weighted by molar-refractivity contribution is 5.84. The third kappa shape index (κ3) is 1.76. The van der Waals surface area contributed by atoms with Gasteiger partial charge in [0.05, 0.1) is 0 Å². The second-order valence-electron chi connectivity index (χ2n) is 4.12. The van der Waals surface area contributed by atoms with Crippen molar-refractivity contribution in [1.29, 1.82) is 0 Å². The largest absolute Gasteiger partial charge is 0.384 e. The number of pyridine rings is 1. The van der Waals surface area contributed by atoms with E-state index in [-0.39, 0.29) is 5.82 Å². The Balaban J connectivity index is 2.10. The molecule has 0 aliphatic rings. The van der Waals surface area contributed by atoms with Crippen molar-refractivity contribution in [3.8, 4) is 0 Å². The molecule has 0 saturated carbocycles. The zero-order valence-corrected chi connectivity index (χ0v) is 9.47. The van der Waals surface area contributed by atoms with Gasteiger partial charge in [0, 0.05) is 35.1 Å². The van der Waals surface area contributed by atoms with Gasteiger partial charge in [0.2, 0.25) is 0 Å². The first-order valence-electron chi connectivity index (χ1n) is 5.60. The minimum Gasteiger partial charge on any atom is -0.384 e. The molecule has 3 nitrogen and oxygen atoms in total. The van der Waals surface area contributed by atoms with Crippen molar-refractivity contribution in [2.75, 3.05) is 0 Å². The average molecular weight is 242 g/mol. The predicted molar refractivity (Wildman–Crippen MR) is 66.6 cm³/mol. The summed E-state index contributed by atoms with van der Waals surface area (Å²) in [6.45, 7) is 0. The number of aromatic amines is 1. The Morgan fingerprint density at radius 3 is 2.72 bits per heavy atom. The number of aliphatic hydroxyl groups is 1. The van der Waals surface area contributed by atoms with Gasteiger partial charge in [0.15, 0.2) is 0 Å². The third-order valence-electron chi connectivity index (χ3n) is 2.99. The van der Waals surface area contributed by atoms with Crippen molar-refractivity contribution < 1.29 is 9.50 Å². The molecule has 3 rings (SSSR count). The van der Waals surface area contributed by atoms with Crippen LogP contribution in [-0.2, 0) is 0 Å². The number of halogens is 1. The molecule has 1 unspecified atom stereocenters. The molecule has 90 valence electrons. The van der Waals surface area contributed by atoms with Crippen molar-refractivity contribution in [1.82, 2.24) is 9.97 Å². The molecule has 1 aromatic carbocycles. The van der Waals surface area contributed by atoms with Crippen LogP contribution in [0.5, 0.6) is 0 Å². The molecule has 0 spiro atoms. The molecule has 2 N–H and O–H groups in total. The number of aliphatic hydroxyl groups excluding tert-OH is 1. The zero-order valence-electron chi connectivity index (χ0n) is 9.47. The van der Waals surface area contributed by atoms with Crippen molar-refractivity contribution in [3.63, 3.8) is 0 Å². The van der Waals surface area contributed by atoms with Crippen LogP contribution in [0.15, 0.2) is 48.9 Å². The molecule has 1 atom stereocenters. The van der Waals surface area contributed by atoms with Gasteiger partial charge in [0.1, 0.15) is 11.9 Å². The fourth-order valence-electron chi connectivity index (χ4n) is 2.07. The van der Waals surface area contributed by atoms with Gasteiger partial charge in [-0.1, -0.05) is 0 Å². The molecule has 0 aliphatic carbocycles. The molecule has 0 fully saturated rings. The molecule has 0 aliphatic heterocycles. The fourth-order valence-corrected chi connectivity index (χ4v) is 2.07. The van der Waals surface area contributed by atoms with Crippen LogP contribution >= 0.6 is 0 Å². The Morgan fingerprint density at radius 2 is 1.94 bits per heavy atom. The van der Waals surface area contributed by atoms with E-state index in [1.807, 2.05) is 0 Å². The first kappa shape index (κ1) is 10.9. The number of rotatable bonds is 2. The summed E-state index contributed by atoms with van der Waals surface area (Å²) in [4.78, 5) is 6.88. The number of H-pyrrole nitrogens is 1. The second-order valence-corrected chi connectivity index (χ2v) is 4.12. The van der Waals surface area contributed by atoms with E-state index in [0.717, 1.165) is 16.5 Å². The summed E-state index contributed by atoms with van der Waals surface area (Å²) in [6.07, 6.45) is 4.22. The molecule has 4 heteroatoms. The highest BCUT2D eigenvalue weighted by Crippen LogP contribution is 2.28. The van der Waals surface area contributed by atoms with E-state index in [1.165, 1.54) is 12.1 Å². The van der Waals surface area contributed by atoms with E-state index >= 15 is 0 Å². The molecule has 18 heavy (non-hydrogen) atoms. The number of benzene rings is 1. The van der Waals surface area contributed by atoms with Crippen LogP contribution in [0.3, 0.4) is 0 Å². The van der Waals surface area contributed by atoms with Gasteiger partial charge in [-0.2, -0.15) is 0 Å².